The van der Waals surface area contributed by atoms with Crippen LogP contribution >= 0.6 is 0 Å². The molecule has 0 saturated carbocycles. The van der Waals surface area contributed by atoms with Crippen molar-refractivity contribution in [2.24, 2.45) is 4.99 Å². The van der Waals surface area contributed by atoms with Gasteiger partial charge in [0.05, 0.1) is 19.9 Å². The van der Waals surface area contributed by atoms with Gasteiger partial charge in [0.25, 0.3) is 0 Å². The maximum Gasteiger partial charge on any atom is 0.406 e. The van der Waals surface area contributed by atoms with E-state index in [9.17, 15) is 9.90 Å². The maximum absolute atomic E-state index is 12.8. The Kier molecular flexibility index (Phi) is 5.25. The smallest absolute Gasteiger partial charge is 0.406 e. The van der Waals surface area contributed by atoms with Crippen molar-refractivity contribution in [1.29, 1.82) is 0 Å². The summed E-state index contributed by atoms with van der Waals surface area (Å²) >= 11 is 0. The first-order valence-corrected chi connectivity index (χ1v) is 8.36. The standard InChI is InChI=1S/C19H20N4O4/c1-4-22-17(18(24)20-13-5-9-15(26-2)10-6-13)19(25)23(21-22)14-7-11-16(27-3)12-8-14/h5-12H,4H2,1-3H3,(H-,20,21,24,25). The highest BCUT2D eigenvalue weighted by Crippen LogP contribution is 2.18. The molecule has 0 spiro atoms. The van der Waals surface area contributed by atoms with Crippen LogP contribution in [0.15, 0.2) is 58.3 Å². The molecule has 0 atom stereocenters. The minimum absolute atomic E-state index is 0.0378. The second-order valence-electron chi connectivity index (χ2n) is 5.65. The number of aliphatic imine (C=N–C) groups is 1. The molecule has 1 heterocycles. The van der Waals surface area contributed by atoms with Crippen molar-refractivity contribution in [3.05, 3.63) is 64.6 Å². The minimum atomic E-state index is -0.615. The molecule has 2 aromatic carbocycles. The molecule has 0 unspecified atom stereocenters. The zero-order valence-corrected chi connectivity index (χ0v) is 15.3. The average Bonchev–Trinajstić information content (AvgIpc) is 3.05. The number of nitrogens with one attached hydrogen (secondary N) is 1. The lowest BCUT2D eigenvalue weighted by Crippen LogP contribution is -2.45. The number of ether oxygens (including phenoxy) is 2. The molecule has 27 heavy (non-hydrogen) atoms. The molecule has 3 rings (SSSR count). The van der Waals surface area contributed by atoms with Crippen LogP contribution in [-0.4, -0.2) is 30.0 Å². The second kappa shape index (κ2) is 7.77. The summed E-state index contributed by atoms with van der Waals surface area (Å²) in [7, 11) is 3.13. The van der Waals surface area contributed by atoms with Crippen LogP contribution in [0.5, 0.6) is 11.5 Å². The molecule has 3 aromatic rings. The molecule has 0 aliphatic rings. The number of H-pyrrole nitrogens is 1. The molecule has 0 aliphatic carbocycles. The topological polar surface area (TPSA) is 95.5 Å². The molecule has 0 aliphatic heterocycles. The zero-order valence-electron chi connectivity index (χ0n) is 15.3. The van der Waals surface area contributed by atoms with Gasteiger partial charge in [-0.2, -0.15) is 4.68 Å². The fourth-order valence-corrected chi connectivity index (χ4v) is 2.61. The number of aromatic amines is 1. The molecule has 0 saturated heterocycles. The molecule has 1 aromatic heterocycles. The summed E-state index contributed by atoms with van der Waals surface area (Å²) in [5, 5.41) is 15.6. The van der Waals surface area contributed by atoms with Crippen LogP contribution in [0.1, 0.15) is 12.6 Å². The number of aryl methyl sites for hydroxylation is 1. The lowest BCUT2D eigenvalue weighted by molar-refractivity contribution is -0.754. The van der Waals surface area contributed by atoms with Gasteiger partial charge in [0.15, 0.2) is 5.69 Å². The van der Waals surface area contributed by atoms with Gasteiger partial charge in [0.1, 0.15) is 18.0 Å². The van der Waals surface area contributed by atoms with Crippen molar-refractivity contribution in [1.82, 2.24) is 9.90 Å². The molecule has 0 fully saturated rings. The number of benzene rings is 2. The zero-order chi connectivity index (χ0) is 19.4. The summed E-state index contributed by atoms with van der Waals surface area (Å²) < 4.78 is 13.0. The van der Waals surface area contributed by atoms with Gasteiger partial charge in [0, 0.05) is 5.90 Å². The van der Waals surface area contributed by atoms with Crippen molar-refractivity contribution >= 4 is 11.6 Å². The number of hydrogen-bond acceptors (Lipinski definition) is 5. The van der Waals surface area contributed by atoms with E-state index >= 15 is 0 Å². The normalized spacial score (nSPS) is 11.4. The summed E-state index contributed by atoms with van der Waals surface area (Å²) in [6, 6.07) is 13.6. The van der Waals surface area contributed by atoms with Gasteiger partial charge in [-0.25, -0.2) is 4.79 Å². The second-order valence-corrected chi connectivity index (χ2v) is 5.65. The van der Waals surface area contributed by atoms with Crippen molar-refractivity contribution in [3.8, 4) is 17.2 Å². The van der Waals surface area contributed by atoms with Gasteiger partial charge in [-0.15, -0.1) is 0 Å². The van der Waals surface area contributed by atoms with Crippen LogP contribution in [0.25, 0.3) is 5.69 Å². The van der Waals surface area contributed by atoms with E-state index in [1.807, 2.05) is 6.92 Å². The number of nitrogens with zero attached hydrogens (tertiary/aromatic N) is 3. The Morgan fingerprint density at radius 3 is 2.15 bits per heavy atom. The van der Waals surface area contributed by atoms with Gasteiger partial charge in [-0.3, -0.25) is 4.99 Å². The number of rotatable bonds is 6. The van der Waals surface area contributed by atoms with Crippen LogP contribution in [0, 0.1) is 0 Å². The van der Waals surface area contributed by atoms with E-state index in [4.69, 9.17) is 9.47 Å². The largest absolute Gasteiger partial charge is 0.855 e. The van der Waals surface area contributed by atoms with Gasteiger partial charge >= 0.3 is 5.56 Å². The Morgan fingerprint density at radius 2 is 1.63 bits per heavy atom. The molecular weight excluding hydrogens is 348 g/mol. The molecule has 1 N–H and O–H groups in total. The Morgan fingerprint density at radius 1 is 1.07 bits per heavy atom. The predicted octanol–water partition coefficient (Wildman–Crippen LogP) is 0.929. The summed E-state index contributed by atoms with van der Waals surface area (Å²) in [6.07, 6.45) is 0. The van der Waals surface area contributed by atoms with E-state index in [0.29, 0.717) is 29.4 Å². The van der Waals surface area contributed by atoms with E-state index in [1.165, 1.54) is 9.36 Å². The van der Waals surface area contributed by atoms with Crippen molar-refractivity contribution < 1.29 is 19.3 Å². The molecule has 8 nitrogen and oxygen atoms in total. The van der Waals surface area contributed by atoms with Crippen LogP contribution in [0.2, 0.25) is 0 Å². The average molecular weight is 368 g/mol. The van der Waals surface area contributed by atoms with Gasteiger partial charge in [-0.05, 0) is 55.5 Å². The summed E-state index contributed by atoms with van der Waals surface area (Å²) in [5.74, 6) is 0.719. The highest BCUT2D eigenvalue weighted by molar-refractivity contribution is 5.88. The first-order chi connectivity index (χ1) is 13.1. The lowest BCUT2D eigenvalue weighted by atomic mass is 10.3. The van der Waals surface area contributed by atoms with E-state index in [2.05, 4.69) is 10.2 Å². The third-order valence-corrected chi connectivity index (χ3v) is 4.05. The first-order valence-electron chi connectivity index (χ1n) is 8.36. The SMILES string of the molecule is CC[n+]1[nH]n(-c2ccc(OC)cc2)c(=O)c1C([O-])=Nc1ccc(OC)cc1. The summed E-state index contributed by atoms with van der Waals surface area (Å²) in [5.41, 5.74) is 0.528. The Bertz CT molecular complexity index is 1000. The highest BCUT2D eigenvalue weighted by Gasteiger charge is 2.22. The maximum atomic E-state index is 12.8. The summed E-state index contributed by atoms with van der Waals surface area (Å²) in [4.78, 5) is 16.9. The van der Waals surface area contributed by atoms with E-state index in [0.717, 1.165) is 0 Å². The molecule has 0 bridgehead atoms. The molecular formula is C19H20N4O4. The van der Waals surface area contributed by atoms with Gasteiger partial charge < -0.3 is 14.6 Å². The van der Waals surface area contributed by atoms with Crippen LogP contribution in [-0.2, 0) is 6.54 Å². The fourth-order valence-electron chi connectivity index (χ4n) is 2.61. The Balaban J connectivity index is 2.02. The number of hydrogen-bond donors (Lipinski definition) is 1. The third kappa shape index (κ3) is 3.69. The minimum Gasteiger partial charge on any atom is -0.855 e. The van der Waals surface area contributed by atoms with Crippen LogP contribution in [0.4, 0.5) is 5.69 Å². The molecule has 140 valence electrons. The quantitative estimate of drug-likeness (QED) is 0.398. The van der Waals surface area contributed by atoms with E-state index < -0.39 is 11.5 Å². The molecule has 0 amide bonds. The predicted molar refractivity (Wildman–Crippen MR) is 98.0 cm³/mol. The molecule has 0 radical (unpaired) electrons. The fraction of sp³-hybridized carbons (Fsp3) is 0.211. The number of methoxy groups -OCH3 is 2. The van der Waals surface area contributed by atoms with Crippen LogP contribution in [0.3, 0.4) is 0 Å². The van der Waals surface area contributed by atoms with Gasteiger partial charge in [0.2, 0.25) is 5.69 Å². The molecule has 8 heteroatoms. The van der Waals surface area contributed by atoms with Crippen molar-refractivity contribution in [3.63, 3.8) is 0 Å². The highest BCUT2D eigenvalue weighted by atomic mass is 16.5. The number of aromatic nitrogens is 3. The van der Waals surface area contributed by atoms with Gasteiger partial charge in [-0.1, -0.05) is 9.90 Å². The van der Waals surface area contributed by atoms with E-state index in [-0.39, 0.29) is 5.69 Å². The lowest BCUT2D eigenvalue weighted by Gasteiger charge is -2.06. The van der Waals surface area contributed by atoms with E-state index in [1.54, 1.807) is 62.8 Å². The Labute approximate surface area is 155 Å². The Hall–Kier alpha value is -3.55. The van der Waals surface area contributed by atoms with Crippen molar-refractivity contribution in [2.45, 2.75) is 13.5 Å². The first kappa shape index (κ1) is 18.2. The van der Waals surface area contributed by atoms with Crippen molar-refractivity contribution in [2.75, 3.05) is 14.2 Å². The summed E-state index contributed by atoms with van der Waals surface area (Å²) in [6.45, 7) is 2.25. The third-order valence-electron chi connectivity index (χ3n) is 4.05. The van der Waals surface area contributed by atoms with Crippen LogP contribution < -0.4 is 24.8 Å². The monoisotopic (exact) mass is 368 g/mol.